The van der Waals surface area contributed by atoms with Gasteiger partial charge in [0.25, 0.3) is 0 Å². The molecule has 188 valence electrons. The topological polar surface area (TPSA) is 55.8 Å². The van der Waals surface area contributed by atoms with Crippen molar-refractivity contribution in [2.45, 2.75) is 64.5 Å². The Hall–Kier alpha value is -3.60. The summed E-state index contributed by atoms with van der Waals surface area (Å²) in [5, 5.41) is 0. The molecule has 36 heavy (non-hydrogen) atoms. The van der Waals surface area contributed by atoms with E-state index in [2.05, 4.69) is 47.6 Å². The number of nitrogens with zero attached hydrogens (tertiary/aromatic N) is 1. The van der Waals surface area contributed by atoms with Crippen molar-refractivity contribution in [3.05, 3.63) is 101 Å². The maximum absolute atomic E-state index is 13.9. The van der Waals surface area contributed by atoms with Gasteiger partial charge in [0, 0.05) is 18.2 Å². The lowest BCUT2D eigenvalue weighted by Crippen LogP contribution is -2.52. The molecule has 0 fully saturated rings. The van der Waals surface area contributed by atoms with Crippen molar-refractivity contribution in [1.82, 2.24) is 4.90 Å². The van der Waals surface area contributed by atoms with Gasteiger partial charge in [0.2, 0.25) is 0 Å². The average Bonchev–Trinajstić information content (AvgIpc) is 3.13. The lowest BCUT2D eigenvalue weighted by molar-refractivity contribution is -0.141. The molecule has 4 rings (SSSR count). The number of carbonyl (C=O) groups is 2. The van der Waals surface area contributed by atoms with Gasteiger partial charge in [0.05, 0.1) is 0 Å². The molecule has 5 heteroatoms. The van der Waals surface area contributed by atoms with Crippen molar-refractivity contribution < 1.29 is 19.1 Å². The monoisotopic (exact) mass is 485 g/mol. The van der Waals surface area contributed by atoms with Gasteiger partial charge in [-0.1, -0.05) is 108 Å². The molecule has 3 aromatic carbocycles. The van der Waals surface area contributed by atoms with E-state index in [0.717, 1.165) is 16.7 Å². The van der Waals surface area contributed by atoms with E-state index >= 15 is 0 Å². The van der Waals surface area contributed by atoms with Crippen molar-refractivity contribution >= 4 is 12.1 Å². The maximum atomic E-state index is 13.9. The molecule has 3 aromatic rings. The number of hydrogen-bond acceptors (Lipinski definition) is 4. The SMILES string of the molecule is CN(C(=O)OCc1ccccc1)[C@@]1(c2ccccc2)C(=O)Oc2c(C(C)(C)C)cc(C(C)(C)C)cc21. The van der Waals surface area contributed by atoms with Gasteiger partial charge < -0.3 is 9.47 Å². The number of likely N-dealkylation sites (N-methyl/N-ethyl adjacent to an activating group) is 1. The van der Waals surface area contributed by atoms with Crippen molar-refractivity contribution in [1.29, 1.82) is 0 Å². The van der Waals surface area contributed by atoms with Crippen molar-refractivity contribution in [3.63, 3.8) is 0 Å². The van der Waals surface area contributed by atoms with Crippen LogP contribution in [0, 0.1) is 0 Å². The highest BCUT2D eigenvalue weighted by Gasteiger charge is 2.57. The van der Waals surface area contributed by atoms with Crippen LogP contribution in [0.2, 0.25) is 0 Å². The fourth-order valence-electron chi connectivity index (χ4n) is 4.69. The largest absolute Gasteiger partial charge is 0.445 e. The number of benzene rings is 3. The molecule has 0 aromatic heterocycles. The predicted octanol–water partition coefficient (Wildman–Crippen LogP) is 6.71. The Labute approximate surface area is 214 Å². The molecular formula is C31H35NO4. The first kappa shape index (κ1) is 25.5. The highest BCUT2D eigenvalue weighted by atomic mass is 16.6. The first-order valence-electron chi connectivity index (χ1n) is 12.3. The summed E-state index contributed by atoms with van der Waals surface area (Å²) < 4.78 is 11.7. The van der Waals surface area contributed by atoms with Crippen LogP contribution in [0.25, 0.3) is 0 Å². The van der Waals surface area contributed by atoms with Crippen LogP contribution < -0.4 is 4.74 Å². The predicted molar refractivity (Wildman–Crippen MR) is 141 cm³/mol. The molecule has 0 N–H and O–H groups in total. The third-order valence-electron chi connectivity index (χ3n) is 6.82. The third-order valence-corrected chi connectivity index (χ3v) is 6.82. The summed E-state index contributed by atoms with van der Waals surface area (Å²) in [7, 11) is 1.61. The Balaban J connectivity index is 1.92. The molecule has 0 radical (unpaired) electrons. The third kappa shape index (κ3) is 4.39. The summed E-state index contributed by atoms with van der Waals surface area (Å²) in [4.78, 5) is 28.8. The standard InChI is InChI=1S/C31H35NO4/c1-29(2,3)23-18-24(30(4,5)6)26-25(19-23)31(27(33)36-26,22-16-12-9-13-17-22)32(7)28(34)35-20-21-14-10-8-11-15-21/h8-19H,20H2,1-7H3/t31-/m1/s1. The van der Waals surface area contributed by atoms with Gasteiger partial charge in [-0.2, -0.15) is 0 Å². The fourth-order valence-corrected chi connectivity index (χ4v) is 4.69. The van der Waals surface area contributed by atoms with E-state index in [1.54, 1.807) is 7.05 Å². The van der Waals surface area contributed by atoms with E-state index in [0.29, 0.717) is 16.9 Å². The zero-order chi connectivity index (χ0) is 26.3. The van der Waals surface area contributed by atoms with E-state index < -0.39 is 17.6 Å². The molecule has 0 spiro atoms. The van der Waals surface area contributed by atoms with Gasteiger partial charge in [-0.15, -0.1) is 0 Å². The average molecular weight is 486 g/mol. The number of amides is 1. The van der Waals surface area contributed by atoms with Gasteiger partial charge in [-0.3, -0.25) is 4.90 Å². The lowest BCUT2D eigenvalue weighted by atomic mass is 9.74. The van der Waals surface area contributed by atoms with Crippen LogP contribution in [0.1, 0.15) is 69.4 Å². The van der Waals surface area contributed by atoms with E-state index in [1.165, 1.54) is 4.90 Å². The van der Waals surface area contributed by atoms with Gasteiger partial charge in [-0.05, 0) is 33.6 Å². The molecule has 0 bridgehead atoms. The van der Waals surface area contributed by atoms with Crippen molar-refractivity contribution in [2.75, 3.05) is 7.05 Å². The van der Waals surface area contributed by atoms with E-state index in [-0.39, 0.29) is 17.4 Å². The molecular weight excluding hydrogens is 450 g/mol. The van der Waals surface area contributed by atoms with Gasteiger partial charge >= 0.3 is 12.1 Å². The van der Waals surface area contributed by atoms with Crippen LogP contribution in [0.5, 0.6) is 5.75 Å². The summed E-state index contributed by atoms with van der Waals surface area (Å²) in [6.45, 7) is 12.8. The van der Waals surface area contributed by atoms with E-state index in [1.807, 2.05) is 66.7 Å². The first-order chi connectivity index (χ1) is 16.9. The number of rotatable bonds is 4. The number of esters is 1. The van der Waals surface area contributed by atoms with Gasteiger partial charge in [0.15, 0.2) is 5.54 Å². The summed E-state index contributed by atoms with van der Waals surface area (Å²) in [6.07, 6.45) is -0.606. The normalized spacial score (nSPS) is 17.4. The Morgan fingerprint density at radius 1 is 0.889 bits per heavy atom. The van der Waals surface area contributed by atoms with Crippen LogP contribution in [-0.4, -0.2) is 24.0 Å². The second-order valence-electron chi connectivity index (χ2n) is 11.5. The Kier molecular flexibility index (Phi) is 6.46. The maximum Gasteiger partial charge on any atom is 0.411 e. The summed E-state index contributed by atoms with van der Waals surface area (Å²) in [6, 6.07) is 23.0. The zero-order valence-electron chi connectivity index (χ0n) is 22.2. The van der Waals surface area contributed by atoms with Gasteiger partial charge in [0.1, 0.15) is 12.4 Å². The Morgan fingerprint density at radius 3 is 2.03 bits per heavy atom. The zero-order valence-corrected chi connectivity index (χ0v) is 22.2. The molecule has 0 aliphatic carbocycles. The smallest absolute Gasteiger partial charge is 0.411 e. The minimum Gasteiger partial charge on any atom is -0.445 e. The highest BCUT2D eigenvalue weighted by molar-refractivity contribution is 5.97. The summed E-state index contributed by atoms with van der Waals surface area (Å²) >= 11 is 0. The molecule has 1 atom stereocenters. The number of hydrogen-bond donors (Lipinski definition) is 0. The van der Waals surface area contributed by atoms with Crippen LogP contribution in [0.15, 0.2) is 72.8 Å². The molecule has 0 unspecified atom stereocenters. The molecule has 0 saturated heterocycles. The quantitative estimate of drug-likeness (QED) is 0.304. The van der Waals surface area contributed by atoms with Crippen LogP contribution in [0.3, 0.4) is 0 Å². The van der Waals surface area contributed by atoms with Crippen LogP contribution in [-0.2, 0) is 32.5 Å². The first-order valence-corrected chi connectivity index (χ1v) is 12.3. The summed E-state index contributed by atoms with van der Waals surface area (Å²) in [5.41, 5.74) is 2.23. The van der Waals surface area contributed by atoms with Crippen molar-refractivity contribution in [3.8, 4) is 5.75 Å². The second-order valence-corrected chi connectivity index (χ2v) is 11.5. The van der Waals surface area contributed by atoms with E-state index in [4.69, 9.17) is 9.47 Å². The second kappa shape index (κ2) is 9.12. The minimum absolute atomic E-state index is 0.103. The Bertz CT molecular complexity index is 1270. The van der Waals surface area contributed by atoms with Crippen LogP contribution in [0.4, 0.5) is 4.79 Å². The molecule has 0 saturated carbocycles. The highest BCUT2D eigenvalue weighted by Crippen LogP contribution is 2.51. The Morgan fingerprint density at radius 2 is 1.47 bits per heavy atom. The number of fused-ring (bicyclic) bond motifs is 1. The fraction of sp³-hybridized carbons (Fsp3) is 0.355. The molecule has 1 aliphatic rings. The summed E-state index contributed by atoms with van der Waals surface area (Å²) in [5.74, 6) is 0.00600. The van der Waals surface area contributed by atoms with Crippen LogP contribution >= 0.6 is 0 Å². The number of carbonyl (C=O) groups excluding carboxylic acids is 2. The number of ether oxygens (including phenoxy) is 2. The van der Waals surface area contributed by atoms with E-state index in [9.17, 15) is 9.59 Å². The lowest BCUT2D eigenvalue weighted by Gasteiger charge is -2.36. The molecule has 1 aliphatic heterocycles. The van der Waals surface area contributed by atoms with Crippen molar-refractivity contribution in [2.24, 2.45) is 0 Å². The van der Waals surface area contributed by atoms with Gasteiger partial charge in [-0.25, -0.2) is 9.59 Å². The molecule has 1 amide bonds. The molecule has 5 nitrogen and oxygen atoms in total. The minimum atomic E-state index is -1.48. The molecule has 1 heterocycles.